The number of carbonyl (C=O) groups excluding carboxylic acids is 2. The second-order valence-electron chi connectivity index (χ2n) is 6.04. The fourth-order valence-corrected chi connectivity index (χ4v) is 2.45. The van der Waals surface area contributed by atoms with E-state index < -0.39 is 5.54 Å². The Kier molecular flexibility index (Phi) is 4.63. The predicted molar refractivity (Wildman–Crippen MR) is 83.9 cm³/mol. The van der Waals surface area contributed by atoms with Crippen molar-refractivity contribution in [3.63, 3.8) is 0 Å². The van der Waals surface area contributed by atoms with E-state index in [9.17, 15) is 9.59 Å². The topological polar surface area (TPSA) is 84.2 Å². The van der Waals surface area contributed by atoms with E-state index in [1.807, 2.05) is 13.8 Å². The van der Waals surface area contributed by atoms with Gasteiger partial charge in [0.1, 0.15) is 0 Å². The van der Waals surface area contributed by atoms with Gasteiger partial charge in [0.05, 0.1) is 5.54 Å². The molecule has 0 radical (unpaired) electrons. The quantitative estimate of drug-likeness (QED) is 0.796. The molecule has 5 nitrogen and oxygen atoms in total. The van der Waals surface area contributed by atoms with Gasteiger partial charge in [-0.1, -0.05) is 32.8 Å². The van der Waals surface area contributed by atoms with Gasteiger partial charge in [-0.15, -0.1) is 0 Å². The number of nitrogens with one attached hydrogen (secondary N) is 2. The summed E-state index contributed by atoms with van der Waals surface area (Å²) >= 11 is 0. The molecule has 0 spiro atoms. The Morgan fingerprint density at radius 2 is 1.71 bits per heavy atom. The first-order valence-electron chi connectivity index (χ1n) is 7.42. The van der Waals surface area contributed by atoms with Crippen LogP contribution in [0.1, 0.15) is 39.5 Å². The second kappa shape index (κ2) is 6.26. The largest absolute Gasteiger partial charge is 0.326 e. The molecule has 1 aromatic carbocycles. The van der Waals surface area contributed by atoms with Crippen LogP contribution in [0, 0.1) is 5.92 Å². The number of amides is 2. The maximum Gasteiger partial charge on any atom is 0.244 e. The minimum Gasteiger partial charge on any atom is -0.326 e. The van der Waals surface area contributed by atoms with E-state index in [1.165, 1.54) is 0 Å². The molecule has 114 valence electrons. The fourth-order valence-electron chi connectivity index (χ4n) is 2.45. The van der Waals surface area contributed by atoms with Crippen LogP contribution in [-0.2, 0) is 9.59 Å². The van der Waals surface area contributed by atoms with Crippen molar-refractivity contribution in [2.24, 2.45) is 11.7 Å². The molecule has 1 aromatic rings. The molecular formula is C16H23N3O2. The Morgan fingerprint density at radius 1 is 1.14 bits per heavy atom. The van der Waals surface area contributed by atoms with E-state index in [2.05, 4.69) is 10.6 Å². The van der Waals surface area contributed by atoms with Crippen LogP contribution in [-0.4, -0.2) is 17.4 Å². The second-order valence-corrected chi connectivity index (χ2v) is 6.04. The van der Waals surface area contributed by atoms with E-state index >= 15 is 0 Å². The minimum atomic E-state index is -0.753. The first-order valence-corrected chi connectivity index (χ1v) is 7.42. The lowest BCUT2D eigenvalue weighted by Crippen LogP contribution is -2.48. The van der Waals surface area contributed by atoms with Crippen molar-refractivity contribution in [2.45, 2.75) is 45.1 Å². The summed E-state index contributed by atoms with van der Waals surface area (Å²) in [4.78, 5) is 23.9. The molecule has 0 aliphatic heterocycles. The Labute approximate surface area is 125 Å². The van der Waals surface area contributed by atoms with Crippen LogP contribution in [0.4, 0.5) is 11.4 Å². The first kappa shape index (κ1) is 15.5. The van der Waals surface area contributed by atoms with E-state index in [4.69, 9.17) is 5.73 Å². The summed E-state index contributed by atoms with van der Waals surface area (Å²) in [5.41, 5.74) is 6.70. The molecule has 1 aliphatic rings. The Morgan fingerprint density at radius 3 is 2.29 bits per heavy atom. The molecule has 5 heteroatoms. The summed E-state index contributed by atoms with van der Waals surface area (Å²) in [6.07, 6.45) is 3.44. The number of nitrogens with two attached hydrogens (primary N) is 1. The monoisotopic (exact) mass is 289 g/mol. The lowest BCUT2D eigenvalue weighted by atomic mass is 9.98. The van der Waals surface area contributed by atoms with Crippen LogP contribution in [0.5, 0.6) is 0 Å². The molecular weight excluding hydrogens is 266 g/mol. The van der Waals surface area contributed by atoms with E-state index in [-0.39, 0.29) is 17.7 Å². The molecule has 2 rings (SSSR count). The fraction of sp³-hybridized carbons (Fsp3) is 0.500. The predicted octanol–water partition coefficient (Wildman–Crippen LogP) is 2.49. The number of carbonyl (C=O) groups is 2. The van der Waals surface area contributed by atoms with Crippen molar-refractivity contribution in [1.29, 1.82) is 0 Å². The van der Waals surface area contributed by atoms with Gasteiger partial charge >= 0.3 is 0 Å². The highest BCUT2D eigenvalue weighted by atomic mass is 16.2. The molecule has 1 saturated carbocycles. The smallest absolute Gasteiger partial charge is 0.244 e. The molecule has 2 amide bonds. The first-order chi connectivity index (χ1) is 9.90. The molecule has 4 N–H and O–H groups in total. The highest BCUT2D eigenvalue weighted by Crippen LogP contribution is 2.28. The third-order valence-electron chi connectivity index (χ3n) is 3.86. The Hall–Kier alpha value is -1.88. The zero-order valence-corrected chi connectivity index (χ0v) is 12.6. The molecule has 0 bridgehead atoms. The highest BCUT2D eigenvalue weighted by Gasteiger charge is 2.36. The minimum absolute atomic E-state index is 0.0513. The normalized spacial score (nSPS) is 16.8. The maximum atomic E-state index is 12.3. The molecule has 0 atom stereocenters. The van der Waals surface area contributed by atoms with Crippen molar-refractivity contribution >= 4 is 23.2 Å². The van der Waals surface area contributed by atoms with Crippen molar-refractivity contribution in [1.82, 2.24) is 0 Å². The standard InChI is InChI=1S/C16H23N3O2/c1-11(2)14(20)18-12-6-5-7-13(10-12)19-15(21)16(17)8-3-4-9-16/h5-7,10-11H,3-4,8-9,17H2,1-2H3,(H,18,20)(H,19,21). The Balaban J connectivity index is 2.04. The van der Waals surface area contributed by atoms with Gasteiger partial charge in [0, 0.05) is 17.3 Å². The van der Waals surface area contributed by atoms with E-state index in [0.29, 0.717) is 11.4 Å². The Bertz CT molecular complexity index is 534. The summed E-state index contributed by atoms with van der Waals surface area (Å²) in [5.74, 6) is -0.286. The zero-order chi connectivity index (χ0) is 15.5. The lowest BCUT2D eigenvalue weighted by molar-refractivity contribution is -0.121. The van der Waals surface area contributed by atoms with Gasteiger partial charge < -0.3 is 16.4 Å². The van der Waals surface area contributed by atoms with Crippen LogP contribution in [0.25, 0.3) is 0 Å². The number of benzene rings is 1. The van der Waals surface area contributed by atoms with Gasteiger partial charge in [-0.25, -0.2) is 0 Å². The maximum absolute atomic E-state index is 12.3. The number of anilines is 2. The van der Waals surface area contributed by atoms with Crippen molar-refractivity contribution in [2.75, 3.05) is 10.6 Å². The number of hydrogen-bond acceptors (Lipinski definition) is 3. The van der Waals surface area contributed by atoms with Crippen molar-refractivity contribution < 1.29 is 9.59 Å². The highest BCUT2D eigenvalue weighted by molar-refractivity contribution is 5.99. The molecule has 0 saturated heterocycles. The molecule has 21 heavy (non-hydrogen) atoms. The van der Waals surface area contributed by atoms with Gasteiger partial charge in [0.2, 0.25) is 11.8 Å². The summed E-state index contributed by atoms with van der Waals surface area (Å²) in [6, 6.07) is 7.13. The molecule has 1 fully saturated rings. The van der Waals surface area contributed by atoms with E-state index in [0.717, 1.165) is 25.7 Å². The summed E-state index contributed by atoms with van der Waals surface area (Å²) in [6.45, 7) is 3.67. The average molecular weight is 289 g/mol. The van der Waals surface area contributed by atoms with Crippen molar-refractivity contribution in [3.05, 3.63) is 24.3 Å². The SMILES string of the molecule is CC(C)C(=O)Nc1cccc(NC(=O)C2(N)CCCC2)c1. The number of hydrogen-bond donors (Lipinski definition) is 3. The third kappa shape index (κ3) is 3.82. The van der Waals surface area contributed by atoms with Gasteiger partial charge in [-0.3, -0.25) is 9.59 Å². The molecule has 1 aliphatic carbocycles. The van der Waals surface area contributed by atoms with E-state index in [1.54, 1.807) is 24.3 Å². The van der Waals surface area contributed by atoms with Gasteiger partial charge in [0.25, 0.3) is 0 Å². The summed E-state index contributed by atoms with van der Waals surface area (Å²) in [5, 5.41) is 5.66. The molecule has 0 heterocycles. The van der Waals surface area contributed by atoms with Gasteiger partial charge in [-0.05, 0) is 31.0 Å². The van der Waals surface area contributed by atoms with Crippen LogP contribution in [0.2, 0.25) is 0 Å². The lowest BCUT2D eigenvalue weighted by Gasteiger charge is -2.22. The van der Waals surface area contributed by atoms with Gasteiger partial charge in [-0.2, -0.15) is 0 Å². The number of rotatable bonds is 4. The third-order valence-corrected chi connectivity index (χ3v) is 3.86. The zero-order valence-electron chi connectivity index (χ0n) is 12.6. The molecule has 0 unspecified atom stereocenters. The van der Waals surface area contributed by atoms with Gasteiger partial charge in [0.15, 0.2) is 0 Å². The molecule has 0 aromatic heterocycles. The van der Waals surface area contributed by atoms with Crippen LogP contribution >= 0.6 is 0 Å². The van der Waals surface area contributed by atoms with Crippen LogP contribution in [0.15, 0.2) is 24.3 Å². The average Bonchev–Trinajstić information content (AvgIpc) is 2.87. The van der Waals surface area contributed by atoms with Crippen molar-refractivity contribution in [3.8, 4) is 0 Å². The summed E-state index contributed by atoms with van der Waals surface area (Å²) in [7, 11) is 0. The summed E-state index contributed by atoms with van der Waals surface area (Å²) < 4.78 is 0. The van der Waals surface area contributed by atoms with Crippen LogP contribution in [0.3, 0.4) is 0 Å². The van der Waals surface area contributed by atoms with Crippen LogP contribution < -0.4 is 16.4 Å².